The van der Waals surface area contributed by atoms with Crippen LogP contribution in [0.25, 0.3) is 0 Å². The van der Waals surface area contributed by atoms with E-state index in [-0.39, 0.29) is 17.2 Å². The Morgan fingerprint density at radius 1 is 1.44 bits per heavy atom. The Morgan fingerprint density at radius 2 is 1.78 bits per heavy atom. The summed E-state index contributed by atoms with van der Waals surface area (Å²) < 4.78 is 0. The Kier molecular flexibility index (Phi) is 2.24. The molecule has 2 N–H and O–H groups in total. The fraction of sp³-hybridized carbons (Fsp3) is 0.857. The summed E-state index contributed by atoms with van der Waals surface area (Å²) in [6.45, 7) is 7.86. The first-order valence-corrected chi connectivity index (χ1v) is 3.15. The maximum absolute atomic E-state index is 10.6. The minimum Gasteiger partial charge on any atom is -0.369 e. The minimum atomic E-state index is -0.220. The molecule has 2 heteroatoms. The van der Waals surface area contributed by atoms with E-state index in [0.717, 1.165) is 0 Å². The van der Waals surface area contributed by atoms with Crippen molar-refractivity contribution < 1.29 is 4.79 Å². The monoisotopic (exact) mass is 129 g/mol. The first kappa shape index (κ1) is 8.47. The summed E-state index contributed by atoms with van der Waals surface area (Å²) in [5.74, 6) is -0.264. The van der Waals surface area contributed by atoms with Crippen molar-refractivity contribution in [3.8, 4) is 0 Å². The van der Waals surface area contributed by atoms with Gasteiger partial charge in [0.25, 0.3) is 0 Å². The molecular formula is C7H15NO. The number of carbonyl (C=O) groups excluding carboxylic acids is 1. The Morgan fingerprint density at radius 3 is 1.78 bits per heavy atom. The third-order valence-electron chi connectivity index (χ3n) is 1.73. The van der Waals surface area contributed by atoms with Crippen LogP contribution in [0.2, 0.25) is 0 Å². The van der Waals surface area contributed by atoms with E-state index in [1.54, 1.807) is 0 Å². The molecule has 54 valence electrons. The predicted molar refractivity (Wildman–Crippen MR) is 37.8 cm³/mol. The van der Waals surface area contributed by atoms with Crippen molar-refractivity contribution in [2.45, 2.75) is 27.7 Å². The lowest BCUT2D eigenvalue weighted by Gasteiger charge is -2.23. The molecule has 0 heterocycles. The van der Waals surface area contributed by atoms with E-state index in [0.29, 0.717) is 0 Å². The van der Waals surface area contributed by atoms with Crippen LogP contribution in [0, 0.1) is 11.3 Å². The highest BCUT2D eigenvalue weighted by Crippen LogP contribution is 2.24. The van der Waals surface area contributed by atoms with E-state index < -0.39 is 0 Å². The highest BCUT2D eigenvalue weighted by atomic mass is 16.1. The first-order valence-electron chi connectivity index (χ1n) is 3.15. The highest BCUT2D eigenvalue weighted by molar-refractivity contribution is 5.76. The van der Waals surface area contributed by atoms with Crippen LogP contribution < -0.4 is 5.73 Å². The standard InChI is InChI=1S/C7H15NO/c1-5(6(8)9)7(2,3)4/h5H,1-4H3,(H2,8,9). The zero-order valence-corrected chi connectivity index (χ0v) is 6.56. The molecule has 0 saturated carbocycles. The van der Waals surface area contributed by atoms with Gasteiger partial charge in [-0.1, -0.05) is 27.7 Å². The van der Waals surface area contributed by atoms with Gasteiger partial charge in [-0.25, -0.2) is 0 Å². The maximum atomic E-state index is 10.6. The Balaban J connectivity index is 4.04. The molecular weight excluding hydrogens is 114 g/mol. The van der Waals surface area contributed by atoms with Gasteiger partial charge in [-0.15, -0.1) is 0 Å². The van der Waals surface area contributed by atoms with Crippen LogP contribution in [0.15, 0.2) is 0 Å². The van der Waals surface area contributed by atoms with Gasteiger partial charge in [-0.05, 0) is 5.41 Å². The summed E-state index contributed by atoms with van der Waals surface area (Å²) in [7, 11) is 0. The first-order chi connectivity index (χ1) is 3.85. The third kappa shape index (κ3) is 2.49. The summed E-state index contributed by atoms with van der Waals surface area (Å²) in [5, 5.41) is 0. The summed E-state index contributed by atoms with van der Waals surface area (Å²) in [6, 6.07) is 0. The Labute approximate surface area is 56.4 Å². The number of primary amides is 1. The van der Waals surface area contributed by atoms with E-state index in [1.807, 2.05) is 27.7 Å². The molecule has 0 aliphatic rings. The second-order valence-corrected chi connectivity index (χ2v) is 3.49. The molecule has 0 bridgehead atoms. The largest absolute Gasteiger partial charge is 0.369 e. The summed E-state index contributed by atoms with van der Waals surface area (Å²) in [4.78, 5) is 10.6. The van der Waals surface area contributed by atoms with Crippen molar-refractivity contribution in [2.75, 3.05) is 0 Å². The van der Waals surface area contributed by atoms with Crippen molar-refractivity contribution in [3.63, 3.8) is 0 Å². The van der Waals surface area contributed by atoms with Crippen LogP contribution in [-0.2, 0) is 4.79 Å². The van der Waals surface area contributed by atoms with Gasteiger partial charge >= 0.3 is 0 Å². The van der Waals surface area contributed by atoms with E-state index in [2.05, 4.69) is 0 Å². The number of nitrogens with two attached hydrogens (primary N) is 1. The minimum absolute atomic E-state index is 0.00579. The third-order valence-corrected chi connectivity index (χ3v) is 1.73. The van der Waals surface area contributed by atoms with E-state index in [1.165, 1.54) is 0 Å². The Bertz CT molecular complexity index is 113. The number of hydrogen-bond donors (Lipinski definition) is 1. The molecule has 0 aliphatic heterocycles. The second-order valence-electron chi connectivity index (χ2n) is 3.49. The molecule has 0 aromatic carbocycles. The molecule has 0 rings (SSSR count). The van der Waals surface area contributed by atoms with Crippen LogP contribution in [0.3, 0.4) is 0 Å². The van der Waals surface area contributed by atoms with Gasteiger partial charge in [0.05, 0.1) is 0 Å². The van der Waals surface area contributed by atoms with Crippen LogP contribution in [0.5, 0.6) is 0 Å². The van der Waals surface area contributed by atoms with E-state index >= 15 is 0 Å². The SMILES string of the molecule is CC(C(N)=O)C(C)(C)C. The van der Waals surface area contributed by atoms with Gasteiger partial charge in [0, 0.05) is 5.92 Å². The maximum Gasteiger partial charge on any atom is 0.220 e. The van der Waals surface area contributed by atoms with Gasteiger partial charge in [0.1, 0.15) is 0 Å². The summed E-state index contributed by atoms with van der Waals surface area (Å²) >= 11 is 0. The fourth-order valence-corrected chi connectivity index (χ4v) is 0.427. The van der Waals surface area contributed by atoms with Crippen molar-refractivity contribution in [1.29, 1.82) is 0 Å². The van der Waals surface area contributed by atoms with Crippen molar-refractivity contribution >= 4 is 5.91 Å². The summed E-state index contributed by atoms with van der Waals surface area (Å²) in [5.41, 5.74) is 5.09. The summed E-state index contributed by atoms with van der Waals surface area (Å²) in [6.07, 6.45) is 0. The van der Waals surface area contributed by atoms with Crippen LogP contribution in [0.4, 0.5) is 0 Å². The molecule has 0 radical (unpaired) electrons. The zero-order valence-electron chi connectivity index (χ0n) is 6.56. The molecule has 0 saturated heterocycles. The quantitative estimate of drug-likeness (QED) is 0.567. The normalized spacial score (nSPS) is 15.1. The van der Waals surface area contributed by atoms with E-state index in [9.17, 15) is 4.79 Å². The van der Waals surface area contributed by atoms with Gasteiger partial charge < -0.3 is 5.73 Å². The lowest BCUT2D eigenvalue weighted by Crippen LogP contribution is -2.31. The molecule has 1 amide bonds. The molecule has 0 aliphatic carbocycles. The zero-order chi connectivity index (χ0) is 7.65. The van der Waals surface area contributed by atoms with Crippen molar-refractivity contribution in [3.05, 3.63) is 0 Å². The van der Waals surface area contributed by atoms with Gasteiger partial charge in [0.2, 0.25) is 5.91 Å². The number of amides is 1. The molecule has 0 fully saturated rings. The number of hydrogen-bond acceptors (Lipinski definition) is 1. The molecule has 1 atom stereocenters. The van der Waals surface area contributed by atoms with Crippen LogP contribution in [0.1, 0.15) is 27.7 Å². The lowest BCUT2D eigenvalue weighted by molar-refractivity contribution is -0.124. The van der Waals surface area contributed by atoms with Gasteiger partial charge in [-0.2, -0.15) is 0 Å². The highest BCUT2D eigenvalue weighted by Gasteiger charge is 2.24. The predicted octanol–water partition coefficient (Wildman–Crippen LogP) is 1.15. The molecule has 0 spiro atoms. The smallest absolute Gasteiger partial charge is 0.220 e. The van der Waals surface area contributed by atoms with Gasteiger partial charge in [-0.3, -0.25) is 4.79 Å². The Hall–Kier alpha value is -0.530. The topological polar surface area (TPSA) is 43.1 Å². The second kappa shape index (κ2) is 2.38. The average molecular weight is 129 g/mol. The fourth-order valence-electron chi connectivity index (χ4n) is 0.427. The molecule has 2 nitrogen and oxygen atoms in total. The van der Waals surface area contributed by atoms with Gasteiger partial charge in [0.15, 0.2) is 0 Å². The molecule has 9 heavy (non-hydrogen) atoms. The lowest BCUT2D eigenvalue weighted by atomic mass is 9.82. The van der Waals surface area contributed by atoms with Crippen molar-refractivity contribution in [2.24, 2.45) is 17.1 Å². The average Bonchev–Trinajstić information content (AvgIpc) is 1.62. The molecule has 1 unspecified atom stereocenters. The van der Waals surface area contributed by atoms with Crippen molar-refractivity contribution in [1.82, 2.24) is 0 Å². The van der Waals surface area contributed by atoms with E-state index in [4.69, 9.17) is 5.73 Å². The van der Waals surface area contributed by atoms with Crippen LogP contribution in [-0.4, -0.2) is 5.91 Å². The molecule has 0 aromatic heterocycles. The van der Waals surface area contributed by atoms with Crippen LogP contribution >= 0.6 is 0 Å². The molecule has 0 aromatic rings. The number of carbonyl (C=O) groups is 1. The number of rotatable bonds is 1.